The van der Waals surface area contributed by atoms with E-state index < -0.39 is 0 Å². The summed E-state index contributed by atoms with van der Waals surface area (Å²) in [4.78, 5) is 15.8. The smallest absolute Gasteiger partial charge is 0.164 e. The fourth-order valence-electron chi connectivity index (χ4n) is 9.35. The molecule has 0 fully saturated rings. The molecule has 11 rings (SSSR count). The Hall–Kier alpha value is -6.18. The molecule has 4 aromatic heterocycles. The van der Waals surface area contributed by atoms with Gasteiger partial charge in [0.15, 0.2) is 17.5 Å². The average molecular weight is 754 g/mol. The second-order valence-corrected chi connectivity index (χ2v) is 16.9. The van der Waals surface area contributed by atoms with Crippen LogP contribution < -0.4 is 38.2 Å². The first-order chi connectivity index (χ1) is 28.2. The van der Waals surface area contributed by atoms with Gasteiger partial charge >= 0.3 is 0 Å². The van der Waals surface area contributed by atoms with Crippen molar-refractivity contribution < 1.29 is 4.42 Å². The third-order valence-corrected chi connectivity index (χ3v) is 13.9. The molecular formula is C45H33B7N4OS. The van der Waals surface area contributed by atoms with Crippen LogP contribution in [0.2, 0.25) is 0 Å². The maximum absolute atomic E-state index is 6.86. The molecule has 4 heterocycles. The van der Waals surface area contributed by atoms with Crippen LogP contribution in [0, 0.1) is 0 Å². The normalized spacial score (nSPS) is 11.9. The van der Waals surface area contributed by atoms with Gasteiger partial charge in [-0.15, -0.1) is 16.8 Å². The van der Waals surface area contributed by atoms with Crippen molar-refractivity contribution in [3.63, 3.8) is 0 Å². The van der Waals surface area contributed by atoms with E-state index in [0.29, 0.717) is 17.5 Å². The summed E-state index contributed by atoms with van der Waals surface area (Å²) in [7, 11) is 15.4. The van der Waals surface area contributed by atoms with E-state index in [4.69, 9.17) is 19.4 Å². The predicted octanol–water partition coefficient (Wildman–Crippen LogP) is 0.0458. The number of para-hydroxylation sites is 1. The predicted molar refractivity (Wildman–Crippen MR) is 268 cm³/mol. The van der Waals surface area contributed by atoms with Crippen LogP contribution in [-0.4, -0.2) is 74.4 Å². The van der Waals surface area contributed by atoms with Gasteiger partial charge in [-0.05, 0) is 35.8 Å². The van der Waals surface area contributed by atoms with Gasteiger partial charge in [0.05, 0.1) is 11.0 Å². The van der Waals surface area contributed by atoms with Gasteiger partial charge in [0.25, 0.3) is 0 Å². The number of benzene rings is 7. The molecule has 13 heteroatoms. The molecule has 0 amide bonds. The van der Waals surface area contributed by atoms with Crippen molar-refractivity contribution in [3.8, 4) is 39.9 Å². The average Bonchev–Trinajstić information content (AvgIpc) is 3.95. The Morgan fingerprint density at radius 2 is 1.07 bits per heavy atom. The fraction of sp³-hybridized carbons (Fsp3) is 0. The topological polar surface area (TPSA) is 56.7 Å². The van der Waals surface area contributed by atoms with Gasteiger partial charge in [0, 0.05) is 64.1 Å². The molecular weight excluding hydrogens is 720 g/mol. The van der Waals surface area contributed by atoms with Crippen molar-refractivity contribution >= 4 is 168 Å². The van der Waals surface area contributed by atoms with E-state index in [-0.39, 0.29) is 0 Å². The first kappa shape index (κ1) is 35.0. The quantitative estimate of drug-likeness (QED) is 0.239. The number of rotatable bonds is 4. The van der Waals surface area contributed by atoms with Gasteiger partial charge in [0.1, 0.15) is 66.1 Å². The lowest BCUT2D eigenvalue weighted by molar-refractivity contribution is 0.675. The molecule has 0 aliphatic carbocycles. The summed E-state index contributed by atoms with van der Waals surface area (Å²) in [6.07, 6.45) is 0. The monoisotopic (exact) mass is 754 g/mol. The van der Waals surface area contributed by atoms with Gasteiger partial charge in [-0.25, -0.2) is 15.0 Å². The maximum Gasteiger partial charge on any atom is 0.164 e. The van der Waals surface area contributed by atoms with Gasteiger partial charge in [-0.2, -0.15) is 0 Å². The van der Waals surface area contributed by atoms with Crippen LogP contribution in [0.25, 0.3) is 104 Å². The van der Waals surface area contributed by atoms with E-state index >= 15 is 0 Å². The first-order valence-electron chi connectivity index (χ1n) is 19.9. The second-order valence-electron chi connectivity index (χ2n) is 15.8. The number of fused-ring (bicyclic) bond motifs is 10. The molecule has 7 aromatic carbocycles. The number of aromatic nitrogens is 4. The van der Waals surface area contributed by atoms with Crippen LogP contribution in [0.5, 0.6) is 0 Å². The molecule has 266 valence electrons. The van der Waals surface area contributed by atoms with E-state index in [1.807, 2.05) is 29.5 Å². The summed E-state index contributed by atoms with van der Waals surface area (Å²) in [5.41, 5.74) is 16.6. The molecule has 0 saturated heterocycles. The van der Waals surface area contributed by atoms with Gasteiger partial charge < -0.3 is 8.98 Å². The van der Waals surface area contributed by atoms with Crippen molar-refractivity contribution in [3.05, 3.63) is 115 Å². The molecule has 0 unspecified atom stereocenters. The van der Waals surface area contributed by atoms with Gasteiger partial charge in [-0.1, -0.05) is 112 Å². The van der Waals surface area contributed by atoms with Crippen LogP contribution in [0.15, 0.2) is 120 Å². The largest absolute Gasteiger partial charge is 0.457 e. The number of nitrogens with zero attached hydrogens (tertiary/aromatic N) is 4. The van der Waals surface area contributed by atoms with Gasteiger partial charge in [-0.3, -0.25) is 0 Å². The highest BCUT2D eigenvalue weighted by Crippen LogP contribution is 2.43. The molecule has 5 nitrogen and oxygen atoms in total. The molecule has 0 radical (unpaired) electrons. The summed E-state index contributed by atoms with van der Waals surface area (Å²) >= 11 is 1.85. The van der Waals surface area contributed by atoms with Crippen LogP contribution in [0.4, 0.5) is 0 Å². The summed E-state index contributed by atoms with van der Waals surface area (Å²) in [5, 5.41) is 7.42. The molecule has 58 heavy (non-hydrogen) atoms. The molecule has 0 atom stereocenters. The minimum Gasteiger partial charge on any atom is -0.457 e. The van der Waals surface area contributed by atoms with E-state index in [9.17, 15) is 0 Å². The Kier molecular flexibility index (Phi) is 7.80. The maximum atomic E-state index is 6.86. The second kappa shape index (κ2) is 12.9. The number of furan rings is 1. The zero-order valence-corrected chi connectivity index (χ0v) is 34.4. The Morgan fingerprint density at radius 3 is 1.86 bits per heavy atom. The van der Waals surface area contributed by atoms with Crippen LogP contribution in [-0.2, 0) is 0 Å². The number of hydrogen-bond acceptors (Lipinski definition) is 5. The zero-order valence-electron chi connectivity index (χ0n) is 33.6. The van der Waals surface area contributed by atoms with Crippen molar-refractivity contribution in [2.45, 2.75) is 0 Å². The van der Waals surface area contributed by atoms with Crippen molar-refractivity contribution in [2.75, 3.05) is 0 Å². The molecule has 0 bridgehead atoms. The summed E-state index contributed by atoms with van der Waals surface area (Å²) < 4.78 is 11.9. The van der Waals surface area contributed by atoms with E-state index in [2.05, 4.69) is 157 Å². The zero-order chi connectivity index (χ0) is 39.6. The standard InChI is InChI=1S/C45H33B7N4OS/c46-33-30-31-34(47)37(50)38(51)39(52)42(31)57-41(30)36(49)32(35(33)48)45-54-43(20-9-2-1-3-10-20)53-44(55-45)21-11-8-12-22(19-21)56-26-15-6-4-13-23(26)24-17-18-28-29(40(24)56)25-14-5-7-16-27(25)58-28/h1-19H,46-52H2. The fourth-order valence-corrected chi connectivity index (χ4v) is 10.5. The highest BCUT2D eigenvalue weighted by molar-refractivity contribution is 7.26. The van der Waals surface area contributed by atoms with Gasteiger partial charge in [0.2, 0.25) is 0 Å². The molecule has 0 spiro atoms. The number of thiophene rings is 1. The van der Waals surface area contributed by atoms with Crippen molar-refractivity contribution in [1.82, 2.24) is 19.5 Å². The Morgan fingerprint density at radius 1 is 0.448 bits per heavy atom. The summed E-state index contributed by atoms with van der Waals surface area (Å²) in [6, 6.07) is 40.9. The van der Waals surface area contributed by atoms with E-state index in [1.54, 1.807) is 0 Å². The minimum atomic E-state index is 0.622. The van der Waals surface area contributed by atoms with E-state index in [1.165, 1.54) is 74.5 Å². The van der Waals surface area contributed by atoms with Crippen LogP contribution >= 0.6 is 11.3 Å². The number of hydrogen-bond donors (Lipinski definition) is 0. The Bertz CT molecular complexity index is 3560. The highest BCUT2D eigenvalue weighted by atomic mass is 32.1. The minimum absolute atomic E-state index is 0.622. The summed E-state index contributed by atoms with van der Waals surface area (Å²) in [6.45, 7) is 0. The third-order valence-electron chi connectivity index (χ3n) is 12.8. The van der Waals surface area contributed by atoms with Crippen molar-refractivity contribution in [2.24, 2.45) is 0 Å². The first-order valence-corrected chi connectivity index (χ1v) is 20.7. The Labute approximate surface area is 345 Å². The Balaban J connectivity index is 1.17. The molecule has 0 N–H and O–H groups in total. The lowest BCUT2D eigenvalue weighted by Crippen LogP contribution is -2.47. The molecule has 0 saturated carbocycles. The molecule has 0 aliphatic rings. The highest BCUT2D eigenvalue weighted by Gasteiger charge is 2.25. The van der Waals surface area contributed by atoms with Crippen LogP contribution in [0.1, 0.15) is 0 Å². The lowest BCUT2D eigenvalue weighted by atomic mass is 9.64. The van der Waals surface area contributed by atoms with E-state index in [0.717, 1.165) is 50.0 Å². The third kappa shape index (κ3) is 4.95. The SMILES string of the molecule is Bc1c(B)c(B)c2c(oc3c(B)c(-c4nc(-c5ccccc5)nc(-c5cccc(-n6c7ccccc7c7ccc8sc9ccccc9c8c76)c5)n4)c(B)c(B)c32)c1B. The van der Waals surface area contributed by atoms with Crippen LogP contribution in [0.3, 0.4) is 0 Å². The molecule has 11 aromatic rings. The molecule has 0 aliphatic heterocycles. The lowest BCUT2D eigenvalue weighted by Gasteiger charge is -2.16. The summed E-state index contributed by atoms with van der Waals surface area (Å²) in [5.74, 6) is 1.89. The van der Waals surface area contributed by atoms with Crippen molar-refractivity contribution in [1.29, 1.82) is 0 Å².